The van der Waals surface area contributed by atoms with E-state index in [-0.39, 0.29) is 5.91 Å². The molecule has 0 aromatic heterocycles. The van der Waals surface area contributed by atoms with Crippen LogP contribution in [-0.2, 0) is 9.53 Å². The molecule has 1 saturated heterocycles. The molecule has 1 aliphatic heterocycles. The van der Waals surface area contributed by atoms with Crippen molar-refractivity contribution in [1.82, 2.24) is 4.90 Å². The lowest BCUT2D eigenvalue weighted by atomic mass is 9.99. The Bertz CT molecular complexity index is 541. The Balaban J connectivity index is 1.74. The van der Waals surface area contributed by atoms with Gasteiger partial charge in [-0.05, 0) is 70.0 Å². The number of nitrogens with one attached hydrogen (secondary N) is 1. The summed E-state index contributed by atoms with van der Waals surface area (Å²) < 4.78 is 11.2. The van der Waals surface area contributed by atoms with Gasteiger partial charge in [-0.25, -0.2) is 0 Å². The Kier molecular flexibility index (Phi) is 8.39. The molecular formula is C21H34N2O3. The zero-order chi connectivity index (χ0) is 18.8. The predicted octanol–water partition coefficient (Wildman–Crippen LogP) is 4.09. The third-order valence-corrected chi connectivity index (χ3v) is 5.11. The van der Waals surface area contributed by atoms with E-state index in [2.05, 4.69) is 10.2 Å². The van der Waals surface area contributed by atoms with E-state index in [1.165, 1.54) is 32.4 Å². The number of piperidine rings is 1. The smallest absolute Gasteiger partial charge is 0.256 e. The average Bonchev–Trinajstić information content (AvgIpc) is 2.67. The maximum Gasteiger partial charge on any atom is 0.256 e. The molecule has 0 spiro atoms. The van der Waals surface area contributed by atoms with E-state index in [9.17, 15) is 4.79 Å². The Labute approximate surface area is 158 Å². The van der Waals surface area contributed by atoms with Crippen molar-refractivity contribution in [3.8, 4) is 5.75 Å². The van der Waals surface area contributed by atoms with E-state index >= 15 is 0 Å². The summed E-state index contributed by atoms with van der Waals surface area (Å²) in [6.45, 7) is 8.16. The molecule has 2 rings (SSSR count). The lowest BCUT2D eigenvalue weighted by Crippen LogP contribution is -2.41. The van der Waals surface area contributed by atoms with Crippen LogP contribution in [-0.4, -0.2) is 49.8 Å². The first-order valence-corrected chi connectivity index (χ1v) is 9.89. The van der Waals surface area contributed by atoms with Crippen molar-refractivity contribution in [2.45, 2.75) is 58.0 Å². The monoisotopic (exact) mass is 362 g/mol. The van der Waals surface area contributed by atoms with E-state index in [1.807, 2.05) is 38.1 Å². The predicted molar refractivity (Wildman–Crippen MR) is 106 cm³/mol. The largest absolute Gasteiger partial charge is 0.494 e. The lowest BCUT2D eigenvalue weighted by Gasteiger charge is -2.26. The Morgan fingerprint density at radius 3 is 2.50 bits per heavy atom. The van der Waals surface area contributed by atoms with E-state index in [0.29, 0.717) is 6.42 Å². The minimum absolute atomic E-state index is 0.114. The number of nitrogens with zero attached hydrogens (tertiary/aromatic N) is 1. The van der Waals surface area contributed by atoms with Gasteiger partial charge in [0.05, 0.1) is 6.61 Å². The molecule has 1 aromatic carbocycles. The highest BCUT2D eigenvalue weighted by Crippen LogP contribution is 2.21. The molecule has 0 saturated carbocycles. The summed E-state index contributed by atoms with van der Waals surface area (Å²) in [4.78, 5) is 15.0. The first-order chi connectivity index (χ1) is 12.6. The molecule has 1 aromatic rings. The van der Waals surface area contributed by atoms with Crippen molar-refractivity contribution in [2.24, 2.45) is 0 Å². The normalized spacial score (nSPS) is 17.5. The molecule has 1 atom stereocenters. The highest BCUT2D eigenvalue weighted by atomic mass is 16.5. The maximum atomic E-state index is 12.4. The van der Waals surface area contributed by atoms with Crippen molar-refractivity contribution in [3.05, 3.63) is 24.3 Å². The SMILES string of the molecule is CCC[C@](C)(OC)C(=O)Nc1ccc(OCCCN2CCCCC2)cc1. The van der Waals surface area contributed by atoms with Crippen LogP contribution in [0, 0.1) is 0 Å². The number of carbonyl (C=O) groups excluding carboxylic acids is 1. The molecule has 0 radical (unpaired) electrons. The number of anilines is 1. The molecular weight excluding hydrogens is 328 g/mol. The second-order valence-electron chi connectivity index (χ2n) is 7.27. The summed E-state index contributed by atoms with van der Waals surface area (Å²) in [5.74, 6) is 0.724. The van der Waals surface area contributed by atoms with Gasteiger partial charge >= 0.3 is 0 Å². The number of carbonyl (C=O) groups is 1. The molecule has 1 fully saturated rings. The van der Waals surface area contributed by atoms with Gasteiger partial charge in [0.2, 0.25) is 0 Å². The molecule has 0 bridgehead atoms. The molecule has 0 aliphatic carbocycles. The van der Waals surface area contributed by atoms with Crippen molar-refractivity contribution < 1.29 is 14.3 Å². The van der Waals surface area contributed by atoms with Crippen molar-refractivity contribution >= 4 is 11.6 Å². The molecule has 5 nitrogen and oxygen atoms in total. The summed E-state index contributed by atoms with van der Waals surface area (Å²) in [5, 5.41) is 2.93. The van der Waals surface area contributed by atoms with Crippen LogP contribution in [0.4, 0.5) is 5.69 Å². The van der Waals surface area contributed by atoms with E-state index in [0.717, 1.165) is 37.4 Å². The van der Waals surface area contributed by atoms with Crippen LogP contribution in [0.15, 0.2) is 24.3 Å². The topological polar surface area (TPSA) is 50.8 Å². The Hall–Kier alpha value is -1.59. The summed E-state index contributed by atoms with van der Waals surface area (Å²) in [5.41, 5.74) is -0.0340. The fraction of sp³-hybridized carbons (Fsp3) is 0.667. The van der Waals surface area contributed by atoms with Crippen molar-refractivity contribution in [2.75, 3.05) is 38.7 Å². The Morgan fingerprint density at radius 2 is 1.88 bits per heavy atom. The fourth-order valence-corrected chi connectivity index (χ4v) is 3.34. The molecule has 26 heavy (non-hydrogen) atoms. The zero-order valence-corrected chi connectivity index (χ0v) is 16.6. The molecule has 1 amide bonds. The average molecular weight is 363 g/mol. The van der Waals surface area contributed by atoms with E-state index < -0.39 is 5.60 Å². The highest BCUT2D eigenvalue weighted by Gasteiger charge is 2.32. The number of hydrogen-bond acceptors (Lipinski definition) is 4. The second kappa shape index (κ2) is 10.5. The van der Waals surface area contributed by atoms with E-state index in [1.54, 1.807) is 7.11 Å². The number of likely N-dealkylation sites (tertiary alicyclic amines) is 1. The molecule has 146 valence electrons. The van der Waals surface area contributed by atoms with Crippen molar-refractivity contribution in [1.29, 1.82) is 0 Å². The third kappa shape index (κ3) is 6.29. The van der Waals surface area contributed by atoms with Crippen LogP contribution in [0.3, 0.4) is 0 Å². The van der Waals surface area contributed by atoms with E-state index in [4.69, 9.17) is 9.47 Å². The summed E-state index contributed by atoms with van der Waals surface area (Å²) in [6.07, 6.45) is 6.65. The zero-order valence-electron chi connectivity index (χ0n) is 16.6. The van der Waals surface area contributed by atoms with Crippen LogP contribution in [0.2, 0.25) is 0 Å². The first kappa shape index (κ1) is 20.7. The first-order valence-electron chi connectivity index (χ1n) is 9.89. The van der Waals surface area contributed by atoms with Gasteiger partial charge in [-0.2, -0.15) is 0 Å². The molecule has 1 aliphatic rings. The van der Waals surface area contributed by atoms with Crippen LogP contribution >= 0.6 is 0 Å². The van der Waals surface area contributed by atoms with Crippen molar-refractivity contribution in [3.63, 3.8) is 0 Å². The summed E-state index contributed by atoms with van der Waals surface area (Å²) in [6, 6.07) is 7.56. The van der Waals surface area contributed by atoms with Crippen LogP contribution in [0.25, 0.3) is 0 Å². The minimum Gasteiger partial charge on any atom is -0.494 e. The number of benzene rings is 1. The number of ether oxygens (including phenoxy) is 2. The minimum atomic E-state index is -0.793. The van der Waals surface area contributed by atoms with Gasteiger partial charge in [0.15, 0.2) is 0 Å². The Morgan fingerprint density at radius 1 is 1.19 bits per heavy atom. The maximum absolute atomic E-state index is 12.4. The van der Waals surface area contributed by atoms with Crippen LogP contribution in [0.5, 0.6) is 5.75 Å². The van der Waals surface area contributed by atoms with Gasteiger partial charge in [0.1, 0.15) is 11.4 Å². The lowest BCUT2D eigenvalue weighted by molar-refractivity contribution is -0.136. The number of amides is 1. The van der Waals surface area contributed by atoms with Gasteiger partial charge in [-0.1, -0.05) is 19.8 Å². The van der Waals surface area contributed by atoms with Gasteiger partial charge in [0.25, 0.3) is 5.91 Å². The molecule has 0 unspecified atom stereocenters. The number of methoxy groups -OCH3 is 1. The summed E-state index contributed by atoms with van der Waals surface area (Å²) >= 11 is 0. The van der Waals surface area contributed by atoms with Gasteiger partial charge in [-0.3, -0.25) is 4.79 Å². The standard InChI is InChI=1S/C21H34N2O3/c1-4-13-21(2,25-3)20(24)22-18-9-11-19(12-10-18)26-17-8-16-23-14-6-5-7-15-23/h9-12H,4-8,13-17H2,1-3H3,(H,22,24)/t21-/m0/s1. The fourth-order valence-electron chi connectivity index (χ4n) is 3.34. The molecule has 5 heteroatoms. The van der Waals surface area contributed by atoms with Gasteiger partial charge in [-0.15, -0.1) is 0 Å². The summed E-state index contributed by atoms with van der Waals surface area (Å²) in [7, 11) is 1.58. The third-order valence-electron chi connectivity index (χ3n) is 5.11. The molecule has 1 heterocycles. The van der Waals surface area contributed by atoms with Gasteiger partial charge in [0, 0.05) is 19.3 Å². The second-order valence-corrected chi connectivity index (χ2v) is 7.27. The van der Waals surface area contributed by atoms with Gasteiger partial charge < -0.3 is 19.7 Å². The number of hydrogen-bond donors (Lipinski definition) is 1. The number of rotatable bonds is 10. The van der Waals surface area contributed by atoms with Crippen LogP contribution in [0.1, 0.15) is 52.4 Å². The quantitative estimate of drug-likeness (QED) is 0.637. The molecule has 1 N–H and O–H groups in total. The highest BCUT2D eigenvalue weighted by molar-refractivity contribution is 5.97. The van der Waals surface area contributed by atoms with Crippen LogP contribution < -0.4 is 10.1 Å².